The third kappa shape index (κ3) is 19.4. The molecule has 424 valence electrons. The Bertz CT molecular complexity index is 2330. The van der Waals surface area contributed by atoms with Crippen molar-refractivity contribution < 1.29 is 53.1 Å². The molecule has 7 atom stereocenters. The maximum Gasteiger partial charge on any atom is 0.249 e. The fraction of sp³-hybridized carbons (Fsp3) is 0.621. The van der Waals surface area contributed by atoms with Gasteiger partial charge in [-0.25, -0.2) is 0 Å². The number of nitrogens with one attached hydrogen (secondary N) is 2. The van der Waals surface area contributed by atoms with Gasteiger partial charge in [0.05, 0.1) is 22.7 Å². The van der Waals surface area contributed by atoms with E-state index in [4.69, 9.17) is 0 Å². The summed E-state index contributed by atoms with van der Waals surface area (Å²) >= 11 is 3.95. The van der Waals surface area contributed by atoms with Crippen molar-refractivity contribution in [2.24, 2.45) is 11.8 Å². The number of hydrogen-bond donors (Lipinski definition) is 3. The molecule has 0 radical (unpaired) electrons. The van der Waals surface area contributed by atoms with Crippen molar-refractivity contribution in [1.82, 2.24) is 30.2 Å². The van der Waals surface area contributed by atoms with Crippen LogP contribution in [0.1, 0.15) is 141 Å². The highest BCUT2D eigenvalue weighted by Crippen LogP contribution is 2.49. The SMILES string of the molecule is CCCC(CC(=O)C1CC(=O)CN1CC)C(O)C(=O)CCC(=O)N[C@H](C(=O)N(C)C)c1ccccc1.CCCC(CC(=O)C1CC2(CN1CC)SCCCCS2)C(=O)C(=O)CCC(=O)N[C@H](C(=O)N(C)C)c1ccccc1. The van der Waals surface area contributed by atoms with Crippen molar-refractivity contribution >= 4 is 81.9 Å². The Hall–Kier alpha value is -5.08. The minimum atomic E-state index is -1.37. The van der Waals surface area contributed by atoms with Crippen LogP contribution in [0.15, 0.2) is 60.7 Å². The average molecular weight is 1110 g/mol. The lowest BCUT2D eigenvalue weighted by Crippen LogP contribution is -2.41. The molecule has 0 saturated carbocycles. The maximum absolute atomic E-state index is 13.6. The van der Waals surface area contributed by atoms with Crippen LogP contribution in [-0.2, 0) is 47.9 Å². The highest BCUT2D eigenvalue weighted by atomic mass is 32.2. The predicted molar refractivity (Wildman–Crippen MR) is 301 cm³/mol. The van der Waals surface area contributed by atoms with Gasteiger partial charge in [0.1, 0.15) is 24.0 Å². The van der Waals surface area contributed by atoms with E-state index in [1.54, 1.807) is 76.7 Å². The van der Waals surface area contributed by atoms with Crippen molar-refractivity contribution in [3.63, 3.8) is 0 Å². The molecule has 1 spiro atoms. The van der Waals surface area contributed by atoms with Crippen LogP contribution in [-0.4, -0.2) is 171 Å². The molecule has 19 heteroatoms. The summed E-state index contributed by atoms with van der Waals surface area (Å²) in [4.78, 5) is 135. The van der Waals surface area contributed by atoms with E-state index >= 15 is 0 Å². The fourth-order valence-electron chi connectivity index (χ4n) is 10.2. The summed E-state index contributed by atoms with van der Waals surface area (Å²) in [5, 5.41) is 16.1. The molecule has 77 heavy (non-hydrogen) atoms. The van der Waals surface area contributed by atoms with Crippen LogP contribution in [0.2, 0.25) is 0 Å². The van der Waals surface area contributed by atoms with Crippen LogP contribution in [0.25, 0.3) is 0 Å². The van der Waals surface area contributed by atoms with Crippen LogP contribution in [0.4, 0.5) is 0 Å². The Labute approximate surface area is 464 Å². The van der Waals surface area contributed by atoms with Gasteiger partial charge in [-0.3, -0.25) is 57.7 Å². The van der Waals surface area contributed by atoms with Gasteiger partial charge in [-0.05, 0) is 73.7 Å². The molecule has 3 saturated heterocycles. The number of benzene rings is 2. The maximum atomic E-state index is 13.6. The summed E-state index contributed by atoms with van der Waals surface area (Å²) < 4.78 is 0.0336. The number of ketones is 6. The number of hydrogen-bond acceptors (Lipinski definition) is 15. The summed E-state index contributed by atoms with van der Waals surface area (Å²) in [6.45, 7) is 10.3. The van der Waals surface area contributed by atoms with E-state index in [-0.39, 0.29) is 90.8 Å². The van der Waals surface area contributed by atoms with Crippen LogP contribution in [0, 0.1) is 11.8 Å². The summed E-state index contributed by atoms with van der Waals surface area (Å²) in [5.41, 5.74) is 1.27. The molecular formula is C58H84N6O11S2. The molecule has 5 unspecified atom stereocenters. The van der Waals surface area contributed by atoms with Gasteiger partial charge in [0.25, 0.3) is 0 Å². The second-order valence-corrected chi connectivity index (χ2v) is 24.0. The van der Waals surface area contributed by atoms with Gasteiger partial charge >= 0.3 is 0 Å². The molecule has 4 amide bonds. The molecular weight excluding hydrogens is 1020 g/mol. The Morgan fingerprint density at radius 3 is 1.64 bits per heavy atom. The number of nitrogens with zero attached hydrogens (tertiary/aromatic N) is 4. The third-order valence-electron chi connectivity index (χ3n) is 14.5. The molecule has 3 aliphatic heterocycles. The van der Waals surface area contributed by atoms with Gasteiger partial charge in [-0.2, -0.15) is 0 Å². The van der Waals surface area contributed by atoms with Crippen LogP contribution >= 0.6 is 23.5 Å². The topological polar surface area (TPSA) is 228 Å². The van der Waals surface area contributed by atoms with Crippen LogP contribution in [0.5, 0.6) is 0 Å². The first-order chi connectivity index (χ1) is 36.7. The lowest BCUT2D eigenvalue weighted by molar-refractivity contribution is -0.141. The van der Waals surface area contributed by atoms with E-state index in [0.717, 1.165) is 31.0 Å². The van der Waals surface area contributed by atoms with E-state index in [2.05, 4.69) is 22.5 Å². The van der Waals surface area contributed by atoms with Crippen molar-refractivity contribution in [2.75, 3.05) is 65.9 Å². The van der Waals surface area contributed by atoms with Gasteiger partial charge in [0.2, 0.25) is 29.4 Å². The number of aliphatic hydroxyl groups is 1. The second-order valence-electron chi connectivity index (χ2n) is 20.8. The predicted octanol–water partition coefficient (Wildman–Crippen LogP) is 5.96. The molecule has 2 aromatic rings. The number of likely N-dealkylation sites (N-methyl/N-ethyl adjacent to an activating group) is 4. The molecule has 3 heterocycles. The molecule has 0 aliphatic carbocycles. The Kier molecular flexibility index (Phi) is 26.9. The highest BCUT2D eigenvalue weighted by molar-refractivity contribution is 8.18. The zero-order valence-corrected chi connectivity index (χ0v) is 48.2. The minimum Gasteiger partial charge on any atom is -0.385 e. The van der Waals surface area contributed by atoms with Crippen molar-refractivity contribution in [3.05, 3.63) is 71.8 Å². The zero-order valence-electron chi connectivity index (χ0n) is 46.6. The minimum absolute atomic E-state index is 0.00874. The van der Waals surface area contributed by atoms with E-state index in [1.807, 2.05) is 61.3 Å². The molecule has 3 N–H and O–H groups in total. The van der Waals surface area contributed by atoms with Crippen molar-refractivity contribution in [3.8, 4) is 0 Å². The largest absolute Gasteiger partial charge is 0.385 e. The first kappa shape index (κ1) is 64.4. The number of carbonyl (C=O) groups excluding carboxylic acids is 10. The Balaban J connectivity index is 0.000000336. The number of aliphatic hydroxyl groups excluding tert-OH is 1. The van der Waals surface area contributed by atoms with E-state index in [1.165, 1.54) is 22.6 Å². The Morgan fingerprint density at radius 1 is 0.662 bits per heavy atom. The average Bonchev–Trinajstić information content (AvgIpc) is 3.91. The third-order valence-corrected chi connectivity index (χ3v) is 17.9. The quantitative estimate of drug-likeness (QED) is 0.0836. The first-order valence-corrected chi connectivity index (χ1v) is 29.4. The van der Waals surface area contributed by atoms with Gasteiger partial charge in [0.15, 0.2) is 23.1 Å². The summed E-state index contributed by atoms with van der Waals surface area (Å²) in [6.07, 6.45) is 3.50. The monoisotopic (exact) mass is 1100 g/mol. The summed E-state index contributed by atoms with van der Waals surface area (Å²) in [7, 11) is 6.42. The lowest BCUT2D eigenvalue weighted by Gasteiger charge is -2.26. The number of likely N-dealkylation sites (tertiary alicyclic amines) is 2. The van der Waals surface area contributed by atoms with E-state index < -0.39 is 65.2 Å². The molecule has 17 nitrogen and oxygen atoms in total. The van der Waals surface area contributed by atoms with Crippen LogP contribution in [0.3, 0.4) is 0 Å². The summed E-state index contributed by atoms with van der Waals surface area (Å²) in [5.74, 6) is -2.35. The molecule has 3 fully saturated rings. The second kappa shape index (κ2) is 32.1. The van der Waals surface area contributed by atoms with E-state index in [9.17, 15) is 53.1 Å². The van der Waals surface area contributed by atoms with Gasteiger partial charge < -0.3 is 25.5 Å². The van der Waals surface area contributed by atoms with Gasteiger partial charge in [-0.15, -0.1) is 23.5 Å². The number of carbonyl (C=O) groups is 10. The fourth-order valence-corrected chi connectivity index (χ4v) is 13.5. The normalized spacial score (nSPS) is 19.3. The smallest absolute Gasteiger partial charge is 0.249 e. The number of thioether (sulfide) groups is 2. The van der Waals surface area contributed by atoms with Gasteiger partial charge in [0, 0.05) is 85.6 Å². The van der Waals surface area contributed by atoms with Gasteiger partial charge in [-0.1, -0.05) is 101 Å². The summed E-state index contributed by atoms with van der Waals surface area (Å²) in [6, 6.07) is 15.3. The first-order valence-electron chi connectivity index (χ1n) is 27.4. The molecule has 3 aliphatic rings. The standard InChI is InChI=1S/C31H45N3O5S2.C27H39N3O6/c1-5-12-23(19-26(36)24-20-31(21-34(24)6-2)40-17-10-11-18-41-31)29(38)25(35)15-16-27(37)32-28(30(39)33(3)4)22-13-8-7-9-14-22;1-5-10-19(15-23(33)21-16-20(31)17-30(21)6-2)26(35)22(32)13-14-24(34)28-25(27(36)29(3)4)18-11-8-7-9-12-18/h7-9,13-14,23-24,28H,5-6,10-12,15-21H2,1-4H3,(H,32,37);7-9,11-12,19,21,25-26,35H,5-6,10,13-17H2,1-4H3,(H,28,34)/t23?,24?,28-;19?,21?,25-,26?/m00/s1. The Morgan fingerprint density at radius 2 is 1.16 bits per heavy atom. The zero-order chi connectivity index (χ0) is 56.8. The van der Waals surface area contributed by atoms with E-state index in [0.29, 0.717) is 43.4 Å². The van der Waals surface area contributed by atoms with Crippen molar-refractivity contribution in [2.45, 2.75) is 152 Å². The lowest BCUT2D eigenvalue weighted by atomic mass is 9.86. The molecule has 2 aromatic carbocycles. The molecule has 0 aromatic heterocycles. The molecule has 5 rings (SSSR count). The highest BCUT2D eigenvalue weighted by Gasteiger charge is 2.48. The number of Topliss-reactive ketones (excluding diaryl/α,β-unsaturated/α-hetero) is 6. The number of rotatable bonds is 28. The van der Waals surface area contributed by atoms with Crippen LogP contribution < -0.4 is 10.6 Å². The van der Waals surface area contributed by atoms with Crippen molar-refractivity contribution in [1.29, 1.82) is 0 Å². The number of amides is 4. The molecule has 0 bridgehead atoms.